The molecule has 0 aliphatic rings. The van der Waals surface area contributed by atoms with Gasteiger partial charge in [0.2, 0.25) is 11.8 Å². The quantitative estimate of drug-likeness (QED) is 0.572. The lowest BCUT2D eigenvalue weighted by Crippen LogP contribution is -2.47. The molecular formula is C11H23N3O2. The Balaban J connectivity index is 4.06. The average molecular weight is 229 g/mol. The predicted molar refractivity (Wildman–Crippen MR) is 63.4 cm³/mol. The monoisotopic (exact) mass is 229 g/mol. The summed E-state index contributed by atoms with van der Waals surface area (Å²) < 4.78 is 0. The van der Waals surface area contributed by atoms with Crippen LogP contribution in [0.1, 0.15) is 33.6 Å². The zero-order chi connectivity index (χ0) is 12.7. The van der Waals surface area contributed by atoms with Gasteiger partial charge in [0.05, 0.1) is 0 Å². The molecule has 0 bridgehead atoms. The summed E-state index contributed by atoms with van der Waals surface area (Å²) >= 11 is 0. The highest BCUT2D eigenvalue weighted by atomic mass is 16.2. The minimum Gasteiger partial charge on any atom is -0.368 e. The van der Waals surface area contributed by atoms with E-state index in [-0.39, 0.29) is 11.8 Å². The summed E-state index contributed by atoms with van der Waals surface area (Å²) in [5, 5.41) is 2.64. The van der Waals surface area contributed by atoms with Gasteiger partial charge in [-0.1, -0.05) is 20.8 Å². The Morgan fingerprint density at radius 1 is 1.25 bits per heavy atom. The van der Waals surface area contributed by atoms with E-state index >= 15 is 0 Å². The predicted octanol–water partition coefficient (Wildman–Crippen LogP) is -0.0125. The number of hydrogen-bond acceptors (Lipinski definition) is 3. The molecule has 0 aromatic carbocycles. The first kappa shape index (κ1) is 14.9. The number of hydrogen-bond donors (Lipinski definition) is 3. The van der Waals surface area contributed by atoms with Crippen molar-refractivity contribution >= 4 is 11.8 Å². The van der Waals surface area contributed by atoms with Gasteiger partial charge >= 0.3 is 0 Å². The summed E-state index contributed by atoms with van der Waals surface area (Å²) in [5.41, 5.74) is 10.6. The lowest BCUT2D eigenvalue weighted by atomic mass is 10.0. The van der Waals surface area contributed by atoms with Crippen molar-refractivity contribution in [1.29, 1.82) is 0 Å². The van der Waals surface area contributed by atoms with Crippen LogP contribution in [0.15, 0.2) is 0 Å². The van der Waals surface area contributed by atoms with Crippen LogP contribution < -0.4 is 16.8 Å². The first-order chi connectivity index (χ1) is 7.38. The van der Waals surface area contributed by atoms with Crippen LogP contribution in [0.3, 0.4) is 0 Å². The Hall–Kier alpha value is -1.10. The van der Waals surface area contributed by atoms with Gasteiger partial charge in [-0.2, -0.15) is 0 Å². The second-order valence-corrected chi connectivity index (χ2v) is 4.57. The summed E-state index contributed by atoms with van der Waals surface area (Å²) in [6.45, 7) is 6.24. The van der Waals surface area contributed by atoms with Gasteiger partial charge in [-0.05, 0) is 24.8 Å². The van der Waals surface area contributed by atoms with Crippen LogP contribution in [0, 0.1) is 11.8 Å². The lowest BCUT2D eigenvalue weighted by molar-refractivity contribution is -0.128. The summed E-state index contributed by atoms with van der Waals surface area (Å²) in [6, 6.07) is -0.583. The van der Waals surface area contributed by atoms with Crippen LogP contribution in [0.5, 0.6) is 0 Å². The van der Waals surface area contributed by atoms with Crippen molar-refractivity contribution in [2.24, 2.45) is 23.3 Å². The molecule has 0 aromatic heterocycles. The normalized spacial score (nSPS) is 14.6. The number of primary amides is 1. The SMILES string of the molecule is CC(CN)CCC(=O)NC(C(N)=O)C(C)C. The summed E-state index contributed by atoms with van der Waals surface area (Å²) in [6.07, 6.45) is 1.11. The third-order valence-electron chi connectivity index (χ3n) is 2.56. The maximum Gasteiger partial charge on any atom is 0.240 e. The molecule has 0 spiro atoms. The smallest absolute Gasteiger partial charge is 0.240 e. The standard InChI is InChI=1S/C11H23N3O2/c1-7(2)10(11(13)16)14-9(15)5-4-8(3)6-12/h7-8,10H,4-6,12H2,1-3H3,(H2,13,16)(H,14,15). The Labute approximate surface area is 96.9 Å². The number of rotatable bonds is 7. The highest BCUT2D eigenvalue weighted by Crippen LogP contribution is 2.05. The summed E-state index contributed by atoms with van der Waals surface area (Å²) in [5.74, 6) is -0.307. The van der Waals surface area contributed by atoms with Crippen molar-refractivity contribution in [3.63, 3.8) is 0 Å². The zero-order valence-corrected chi connectivity index (χ0v) is 10.3. The highest BCUT2D eigenvalue weighted by molar-refractivity contribution is 5.86. The molecule has 0 radical (unpaired) electrons. The second-order valence-electron chi connectivity index (χ2n) is 4.57. The number of nitrogens with two attached hydrogens (primary N) is 2. The molecule has 2 unspecified atom stereocenters. The van der Waals surface area contributed by atoms with E-state index in [0.29, 0.717) is 18.9 Å². The van der Waals surface area contributed by atoms with Gasteiger partial charge in [0.15, 0.2) is 0 Å². The van der Waals surface area contributed by atoms with Gasteiger partial charge in [-0.25, -0.2) is 0 Å². The van der Waals surface area contributed by atoms with Crippen molar-refractivity contribution in [3.05, 3.63) is 0 Å². The molecule has 0 heterocycles. The van der Waals surface area contributed by atoms with Crippen molar-refractivity contribution in [3.8, 4) is 0 Å². The summed E-state index contributed by atoms with van der Waals surface area (Å²) in [4.78, 5) is 22.6. The van der Waals surface area contributed by atoms with Gasteiger partial charge in [-0.3, -0.25) is 9.59 Å². The molecule has 0 aromatic rings. The fraction of sp³-hybridized carbons (Fsp3) is 0.818. The molecule has 0 saturated carbocycles. The first-order valence-corrected chi connectivity index (χ1v) is 5.67. The molecule has 0 rings (SSSR count). The van der Waals surface area contributed by atoms with E-state index in [1.165, 1.54) is 0 Å². The first-order valence-electron chi connectivity index (χ1n) is 5.67. The Morgan fingerprint density at radius 2 is 1.81 bits per heavy atom. The molecule has 16 heavy (non-hydrogen) atoms. The number of nitrogens with one attached hydrogen (secondary N) is 1. The molecule has 5 N–H and O–H groups in total. The van der Waals surface area contributed by atoms with E-state index < -0.39 is 11.9 Å². The minimum atomic E-state index is -0.583. The molecule has 0 saturated heterocycles. The van der Waals surface area contributed by atoms with E-state index in [4.69, 9.17) is 11.5 Å². The molecule has 0 aliphatic carbocycles. The fourth-order valence-electron chi connectivity index (χ4n) is 1.31. The Morgan fingerprint density at radius 3 is 2.19 bits per heavy atom. The molecule has 94 valence electrons. The van der Waals surface area contributed by atoms with Crippen LogP contribution in [0.2, 0.25) is 0 Å². The molecular weight excluding hydrogens is 206 g/mol. The van der Waals surface area contributed by atoms with Crippen molar-refractivity contribution in [1.82, 2.24) is 5.32 Å². The third-order valence-corrected chi connectivity index (χ3v) is 2.56. The third kappa shape index (κ3) is 5.70. The van der Waals surface area contributed by atoms with Gasteiger partial charge in [0.1, 0.15) is 6.04 Å². The molecule has 5 heteroatoms. The van der Waals surface area contributed by atoms with Crippen LogP contribution >= 0.6 is 0 Å². The van der Waals surface area contributed by atoms with Gasteiger partial charge in [0, 0.05) is 6.42 Å². The maximum absolute atomic E-state index is 11.5. The van der Waals surface area contributed by atoms with E-state index in [0.717, 1.165) is 6.42 Å². The van der Waals surface area contributed by atoms with E-state index in [1.807, 2.05) is 20.8 Å². The average Bonchev–Trinajstić information content (AvgIpc) is 2.21. The van der Waals surface area contributed by atoms with Crippen LogP contribution in [0.4, 0.5) is 0 Å². The second kappa shape index (κ2) is 7.22. The largest absolute Gasteiger partial charge is 0.368 e. The number of carbonyl (C=O) groups is 2. The topological polar surface area (TPSA) is 98.2 Å². The minimum absolute atomic E-state index is 0.00776. The van der Waals surface area contributed by atoms with Crippen LogP contribution in [-0.2, 0) is 9.59 Å². The Kier molecular flexibility index (Phi) is 6.72. The van der Waals surface area contributed by atoms with Crippen LogP contribution in [-0.4, -0.2) is 24.4 Å². The molecule has 2 amide bonds. The fourth-order valence-corrected chi connectivity index (χ4v) is 1.31. The van der Waals surface area contributed by atoms with Gasteiger partial charge in [0.25, 0.3) is 0 Å². The maximum atomic E-state index is 11.5. The van der Waals surface area contributed by atoms with Crippen molar-refractivity contribution in [2.45, 2.75) is 39.7 Å². The molecule has 2 atom stereocenters. The highest BCUT2D eigenvalue weighted by Gasteiger charge is 2.21. The molecule has 5 nitrogen and oxygen atoms in total. The van der Waals surface area contributed by atoms with Crippen LogP contribution in [0.25, 0.3) is 0 Å². The zero-order valence-electron chi connectivity index (χ0n) is 10.3. The van der Waals surface area contributed by atoms with E-state index in [1.54, 1.807) is 0 Å². The summed E-state index contributed by atoms with van der Waals surface area (Å²) in [7, 11) is 0. The Bertz CT molecular complexity index is 241. The molecule has 0 fully saturated rings. The van der Waals surface area contributed by atoms with Gasteiger partial charge in [-0.15, -0.1) is 0 Å². The van der Waals surface area contributed by atoms with Crippen molar-refractivity contribution < 1.29 is 9.59 Å². The van der Waals surface area contributed by atoms with Gasteiger partial charge < -0.3 is 16.8 Å². The molecule has 0 aliphatic heterocycles. The number of amides is 2. The van der Waals surface area contributed by atoms with E-state index in [2.05, 4.69) is 5.32 Å². The number of carbonyl (C=O) groups excluding carboxylic acids is 2. The van der Waals surface area contributed by atoms with Crippen molar-refractivity contribution in [2.75, 3.05) is 6.54 Å². The van der Waals surface area contributed by atoms with E-state index in [9.17, 15) is 9.59 Å². The lowest BCUT2D eigenvalue weighted by Gasteiger charge is -2.19.